The number of hydrogen-bond acceptors (Lipinski definition) is 3. The van der Waals surface area contributed by atoms with E-state index >= 15 is 0 Å². The quantitative estimate of drug-likeness (QED) is 0.626. The van der Waals surface area contributed by atoms with Gasteiger partial charge < -0.3 is 4.74 Å². The summed E-state index contributed by atoms with van der Waals surface area (Å²) in [6.07, 6.45) is 11.7. The third-order valence-electron chi connectivity index (χ3n) is 5.18. The first-order valence-electron chi connectivity index (χ1n) is 8.06. The van der Waals surface area contributed by atoms with Crippen molar-refractivity contribution in [2.24, 2.45) is 5.92 Å². The topological polar surface area (TPSA) is 38.3 Å². The molecule has 19 heavy (non-hydrogen) atoms. The van der Waals surface area contributed by atoms with Crippen molar-refractivity contribution in [3.63, 3.8) is 0 Å². The van der Waals surface area contributed by atoms with Gasteiger partial charge in [-0.2, -0.15) is 0 Å². The van der Waals surface area contributed by atoms with E-state index in [1.54, 1.807) is 0 Å². The summed E-state index contributed by atoms with van der Waals surface area (Å²) in [5, 5.41) is 3.69. The molecule has 0 radical (unpaired) electrons. The van der Waals surface area contributed by atoms with Crippen LogP contribution in [0.4, 0.5) is 0 Å². The third-order valence-corrected chi connectivity index (χ3v) is 5.18. The third kappa shape index (κ3) is 3.50. The molecule has 3 nitrogen and oxygen atoms in total. The molecule has 0 aromatic rings. The average Bonchev–Trinajstić information content (AvgIpc) is 2.84. The highest BCUT2D eigenvalue weighted by atomic mass is 16.5. The lowest BCUT2D eigenvalue weighted by atomic mass is 9.88. The molecule has 2 aliphatic rings. The molecule has 2 fully saturated rings. The molecule has 2 aliphatic carbocycles. The molecule has 2 rings (SSSR count). The Morgan fingerprint density at radius 2 is 1.89 bits per heavy atom. The fourth-order valence-corrected chi connectivity index (χ4v) is 3.88. The van der Waals surface area contributed by atoms with Crippen LogP contribution in [-0.4, -0.2) is 24.7 Å². The summed E-state index contributed by atoms with van der Waals surface area (Å²) in [6.45, 7) is 2.26. The highest BCUT2D eigenvalue weighted by Gasteiger charge is 2.42. The van der Waals surface area contributed by atoms with Crippen molar-refractivity contribution in [2.75, 3.05) is 7.11 Å². The van der Waals surface area contributed by atoms with Crippen LogP contribution < -0.4 is 5.32 Å². The predicted molar refractivity (Wildman–Crippen MR) is 77.0 cm³/mol. The van der Waals surface area contributed by atoms with Crippen molar-refractivity contribution in [2.45, 2.75) is 82.7 Å². The SMILES string of the molecule is CCC1CCCC(NC2CCCC2)(C(=O)OC)CC1. The van der Waals surface area contributed by atoms with Crippen LogP contribution in [-0.2, 0) is 9.53 Å². The first kappa shape index (κ1) is 14.8. The number of hydrogen-bond donors (Lipinski definition) is 1. The lowest BCUT2D eigenvalue weighted by Gasteiger charge is -2.34. The van der Waals surface area contributed by atoms with Crippen LogP contribution >= 0.6 is 0 Å². The monoisotopic (exact) mass is 267 g/mol. The van der Waals surface area contributed by atoms with E-state index in [0.29, 0.717) is 6.04 Å². The van der Waals surface area contributed by atoms with Crippen molar-refractivity contribution in [1.82, 2.24) is 5.32 Å². The molecule has 0 spiro atoms. The van der Waals surface area contributed by atoms with E-state index < -0.39 is 5.54 Å². The molecule has 0 amide bonds. The molecule has 0 aromatic carbocycles. The minimum Gasteiger partial charge on any atom is -0.468 e. The first-order valence-corrected chi connectivity index (χ1v) is 8.06. The van der Waals surface area contributed by atoms with E-state index in [4.69, 9.17) is 4.74 Å². The number of rotatable bonds is 4. The summed E-state index contributed by atoms with van der Waals surface area (Å²) in [6, 6.07) is 0.525. The van der Waals surface area contributed by atoms with Crippen molar-refractivity contribution < 1.29 is 9.53 Å². The molecule has 0 aromatic heterocycles. The van der Waals surface area contributed by atoms with Gasteiger partial charge in [0.05, 0.1) is 7.11 Å². The first-order chi connectivity index (χ1) is 9.20. The van der Waals surface area contributed by atoms with Crippen LogP contribution in [0.1, 0.15) is 71.1 Å². The van der Waals surface area contributed by atoms with Crippen LogP contribution in [0.2, 0.25) is 0 Å². The molecule has 3 heteroatoms. The molecule has 0 heterocycles. The number of ether oxygens (including phenoxy) is 1. The zero-order valence-electron chi connectivity index (χ0n) is 12.5. The predicted octanol–water partition coefficient (Wildman–Crippen LogP) is 3.42. The second kappa shape index (κ2) is 6.74. The van der Waals surface area contributed by atoms with Crippen molar-refractivity contribution in [3.05, 3.63) is 0 Å². The van der Waals surface area contributed by atoms with E-state index in [9.17, 15) is 4.79 Å². The minimum atomic E-state index is -0.395. The molecule has 0 saturated heterocycles. The van der Waals surface area contributed by atoms with Gasteiger partial charge >= 0.3 is 5.97 Å². The number of carbonyl (C=O) groups excluding carboxylic acids is 1. The van der Waals surface area contributed by atoms with Crippen LogP contribution in [0, 0.1) is 5.92 Å². The molecule has 0 bridgehead atoms. The number of methoxy groups -OCH3 is 1. The highest BCUT2D eigenvalue weighted by Crippen LogP contribution is 2.34. The maximum atomic E-state index is 12.3. The largest absolute Gasteiger partial charge is 0.468 e. The van der Waals surface area contributed by atoms with Gasteiger partial charge in [-0.1, -0.05) is 39.0 Å². The molecule has 1 N–H and O–H groups in total. The minimum absolute atomic E-state index is 0.0313. The molecular formula is C16H29NO2. The zero-order valence-corrected chi connectivity index (χ0v) is 12.5. The molecular weight excluding hydrogens is 238 g/mol. The summed E-state index contributed by atoms with van der Waals surface area (Å²) in [5.41, 5.74) is -0.395. The average molecular weight is 267 g/mol. The van der Waals surface area contributed by atoms with Crippen molar-refractivity contribution in [3.8, 4) is 0 Å². The van der Waals surface area contributed by atoms with Gasteiger partial charge in [-0.25, -0.2) is 0 Å². The Kier molecular flexibility index (Phi) is 5.26. The van der Waals surface area contributed by atoms with Gasteiger partial charge in [0.1, 0.15) is 5.54 Å². The van der Waals surface area contributed by atoms with Crippen LogP contribution in [0.25, 0.3) is 0 Å². The van der Waals surface area contributed by atoms with E-state index in [2.05, 4.69) is 12.2 Å². The Morgan fingerprint density at radius 3 is 2.53 bits per heavy atom. The summed E-state index contributed by atoms with van der Waals surface area (Å²) in [7, 11) is 1.53. The molecule has 2 unspecified atom stereocenters. The zero-order chi connectivity index (χ0) is 13.7. The second-order valence-corrected chi connectivity index (χ2v) is 6.40. The Hall–Kier alpha value is -0.570. The Labute approximate surface area is 117 Å². The fourth-order valence-electron chi connectivity index (χ4n) is 3.88. The lowest BCUT2D eigenvalue weighted by Crippen LogP contribution is -2.55. The smallest absolute Gasteiger partial charge is 0.326 e. The van der Waals surface area contributed by atoms with E-state index in [0.717, 1.165) is 31.6 Å². The lowest BCUT2D eigenvalue weighted by molar-refractivity contribution is -0.149. The maximum absolute atomic E-state index is 12.3. The number of nitrogens with one attached hydrogen (secondary N) is 1. The standard InChI is InChI=1S/C16H29NO2/c1-3-13-7-6-11-16(12-10-13,15(18)19-2)17-14-8-4-5-9-14/h13-14,17H,3-12H2,1-2H3. The van der Waals surface area contributed by atoms with Gasteiger partial charge in [0.2, 0.25) is 0 Å². The highest BCUT2D eigenvalue weighted by molar-refractivity contribution is 5.80. The van der Waals surface area contributed by atoms with Gasteiger partial charge in [0, 0.05) is 6.04 Å². The van der Waals surface area contributed by atoms with Crippen LogP contribution in [0.15, 0.2) is 0 Å². The van der Waals surface area contributed by atoms with Gasteiger partial charge in [-0.05, 0) is 38.0 Å². The molecule has 2 atom stereocenters. The van der Waals surface area contributed by atoms with E-state index in [-0.39, 0.29) is 5.97 Å². The Bertz CT molecular complexity index is 299. The van der Waals surface area contributed by atoms with E-state index in [1.165, 1.54) is 45.6 Å². The van der Waals surface area contributed by atoms with Crippen molar-refractivity contribution >= 4 is 5.97 Å². The summed E-state index contributed by atoms with van der Waals surface area (Å²) in [5.74, 6) is 0.757. The number of esters is 1. The molecule has 110 valence electrons. The van der Waals surface area contributed by atoms with Gasteiger partial charge in [-0.3, -0.25) is 10.1 Å². The van der Waals surface area contributed by atoms with Gasteiger partial charge in [0.25, 0.3) is 0 Å². The normalized spacial score (nSPS) is 33.1. The summed E-state index contributed by atoms with van der Waals surface area (Å²) in [4.78, 5) is 12.3. The molecule has 0 aliphatic heterocycles. The van der Waals surface area contributed by atoms with Crippen LogP contribution in [0.5, 0.6) is 0 Å². The molecule has 2 saturated carbocycles. The Morgan fingerprint density at radius 1 is 1.16 bits per heavy atom. The van der Waals surface area contributed by atoms with E-state index in [1.807, 2.05) is 0 Å². The maximum Gasteiger partial charge on any atom is 0.326 e. The van der Waals surface area contributed by atoms with Crippen LogP contribution in [0.3, 0.4) is 0 Å². The number of carbonyl (C=O) groups is 1. The summed E-state index contributed by atoms with van der Waals surface area (Å²) >= 11 is 0. The van der Waals surface area contributed by atoms with Gasteiger partial charge in [-0.15, -0.1) is 0 Å². The fraction of sp³-hybridized carbons (Fsp3) is 0.938. The summed E-state index contributed by atoms with van der Waals surface area (Å²) < 4.78 is 5.13. The second-order valence-electron chi connectivity index (χ2n) is 6.40. The van der Waals surface area contributed by atoms with Gasteiger partial charge in [0.15, 0.2) is 0 Å². The Balaban J connectivity index is 2.07. The van der Waals surface area contributed by atoms with Crippen molar-refractivity contribution in [1.29, 1.82) is 0 Å².